The van der Waals surface area contributed by atoms with E-state index in [1.165, 1.54) is 0 Å². The molecule has 0 saturated heterocycles. The van der Waals surface area contributed by atoms with Gasteiger partial charge in [-0.2, -0.15) is 8.42 Å². The Morgan fingerprint density at radius 3 is 2.22 bits per heavy atom. The van der Waals surface area contributed by atoms with Gasteiger partial charge in [0.1, 0.15) is 10.5 Å². The van der Waals surface area contributed by atoms with Gasteiger partial charge in [0.05, 0.1) is 0 Å². The summed E-state index contributed by atoms with van der Waals surface area (Å²) in [6, 6.07) is 2.15. The summed E-state index contributed by atoms with van der Waals surface area (Å²) < 4.78 is 69.9. The fourth-order valence-electron chi connectivity index (χ4n) is 1.11. The van der Waals surface area contributed by atoms with Gasteiger partial charge in [-0.05, 0) is 12.1 Å². The molecule has 0 radical (unpaired) electrons. The maximum Gasteiger partial charge on any atom is 0.573 e. The van der Waals surface area contributed by atoms with Crippen LogP contribution >= 0.6 is 0 Å². The van der Waals surface area contributed by atoms with Crippen LogP contribution in [0.2, 0.25) is 0 Å². The van der Waals surface area contributed by atoms with Crippen molar-refractivity contribution in [2.24, 2.45) is 0 Å². The highest BCUT2D eigenvalue weighted by Crippen LogP contribution is 2.32. The molecule has 0 aliphatic carbocycles. The van der Waals surface area contributed by atoms with Crippen molar-refractivity contribution in [1.29, 1.82) is 0 Å². The lowest BCUT2D eigenvalue weighted by Gasteiger charge is -2.13. The third kappa shape index (κ3) is 3.34. The lowest BCUT2D eigenvalue weighted by Crippen LogP contribution is -2.21. The Hall–Kier alpha value is -1.81. The Bertz CT molecular complexity index is 577. The van der Waals surface area contributed by atoms with Crippen LogP contribution in [0.3, 0.4) is 0 Å². The first-order valence-electron chi connectivity index (χ1n) is 4.12. The SMILES string of the molecule is O=C(O)c1cccc(S(=O)(=O)O)c1OC(F)(F)F. The summed E-state index contributed by atoms with van der Waals surface area (Å²) in [6.07, 6.45) is -5.30. The standard InChI is InChI=1S/C8H5F3O6S/c9-8(10,11)17-6-4(7(12)13)2-1-3-5(6)18(14,15)16/h1-3H,(H,12,13)(H,14,15,16). The third-order valence-electron chi connectivity index (χ3n) is 1.71. The average Bonchev–Trinajstić information content (AvgIpc) is 2.13. The highest BCUT2D eigenvalue weighted by molar-refractivity contribution is 7.86. The van der Waals surface area contributed by atoms with E-state index in [4.69, 9.17) is 9.66 Å². The summed E-state index contributed by atoms with van der Waals surface area (Å²) in [5.41, 5.74) is -1.04. The number of rotatable bonds is 3. The van der Waals surface area contributed by atoms with E-state index >= 15 is 0 Å². The minimum atomic E-state index is -5.30. The van der Waals surface area contributed by atoms with Gasteiger partial charge in [0.15, 0.2) is 5.75 Å². The number of halogens is 3. The Kier molecular flexibility index (Phi) is 3.53. The number of carbonyl (C=O) groups is 1. The van der Waals surface area contributed by atoms with Crippen molar-refractivity contribution in [3.8, 4) is 5.75 Å². The molecule has 1 rings (SSSR count). The van der Waals surface area contributed by atoms with Crippen molar-refractivity contribution in [1.82, 2.24) is 0 Å². The van der Waals surface area contributed by atoms with Gasteiger partial charge in [-0.1, -0.05) is 6.07 Å². The van der Waals surface area contributed by atoms with Crippen molar-refractivity contribution in [2.45, 2.75) is 11.3 Å². The molecule has 1 aromatic carbocycles. The first kappa shape index (κ1) is 14.3. The number of carboxylic acids is 1. The van der Waals surface area contributed by atoms with Crippen LogP contribution < -0.4 is 4.74 Å². The molecule has 0 saturated carbocycles. The fraction of sp³-hybridized carbons (Fsp3) is 0.125. The molecule has 100 valence electrons. The first-order valence-corrected chi connectivity index (χ1v) is 5.56. The maximum absolute atomic E-state index is 12.1. The summed E-state index contributed by atoms with van der Waals surface area (Å²) in [5.74, 6) is -3.32. The summed E-state index contributed by atoms with van der Waals surface area (Å²) in [4.78, 5) is 9.38. The van der Waals surface area contributed by atoms with E-state index in [2.05, 4.69) is 4.74 Å². The van der Waals surface area contributed by atoms with Crippen molar-refractivity contribution >= 4 is 16.1 Å². The number of hydrogen-bond acceptors (Lipinski definition) is 4. The zero-order chi connectivity index (χ0) is 14.1. The van der Waals surface area contributed by atoms with Gasteiger partial charge >= 0.3 is 12.3 Å². The van der Waals surface area contributed by atoms with Crippen LogP contribution in [0.4, 0.5) is 13.2 Å². The Morgan fingerprint density at radius 1 is 1.28 bits per heavy atom. The molecular formula is C8H5F3O6S. The van der Waals surface area contributed by atoms with Crippen LogP contribution in [0.5, 0.6) is 5.75 Å². The first-order chi connectivity index (χ1) is 8.02. The van der Waals surface area contributed by atoms with Crippen molar-refractivity contribution in [2.75, 3.05) is 0 Å². The highest BCUT2D eigenvalue weighted by atomic mass is 32.2. The molecule has 1 aromatic rings. The molecule has 0 amide bonds. The number of para-hydroxylation sites is 1. The molecule has 0 aromatic heterocycles. The Morgan fingerprint density at radius 2 is 1.83 bits per heavy atom. The number of aromatic carboxylic acids is 1. The van der Waals surface area contributed by atoms with E-state index in [1.54, 1.807) is 0 Å². The van der Waals surface area contributed by atoms with Crippen LogP contribution in [0.15, 0.2) is 23.1 Å². The molecule has 0 aliphatic heterocycles. The number of benzene rings is 1. The summed E-state index contributed by atoms with van der Waals surface area (Å²) >= 11 is 0. The van der Waals surface area contributed by atoms with Gasteiger partial charge in [-0.3, -0.25) is 4.55 Å². The monoisotopic (exact) mass is 286 g/mol. The van der Waals surface area contributed by atoms with Gasteiger partial charge in [-0.25, -0.2) is 4.79 Å². The van der Waals surface area contributed by atoms with Crippen LogP contribution in [0, 0.1) is 0 Å². The molecule has 0 heterocycles. The molecule has 2 N–H and O–H groups in total. The van der Waals surface area contributed by atoms with E-state index < -0.39 is 38.7 Å². The molecular weight excluding hydrogens is 281 g/mol. The van der Waals surface area contributed by atoms with Gasteiger partial charge in [0.25, 0.3) is 10.1 Å². The smallest absolute Gasteiger partial charge is 0.478 e. The molecule has 18 heavy (non-hydrogen) atoms. The summed E-state index contributed by atoms with van der Waals surface area (Å²) in [7, 11) is -5.05. The second-order valence-electron chi connectivity index (χ2n) is 2.96. The quantitative estimate of drug-likeness (QED) is 0.817. The second-order valence-corrected chi connectivity index (χ2v) is 4.35. The van der Waals surface area contributed by atoms with E-state index in [0.29, 0.717) is 12.1 Å². The molecule has 0 unspecified atom stereocenters. The van der Waals surface area contributed by atoms with Crippen LogP contribution in [0.25, 0.3) is 0 Å². The average molecular weight is 286 g/mol. The molecule has 0 aliphatic rings. The number of hydrogen-bond donors (Lipinski definition) is 2. The van der Waals surface area contributed by atoms with Crippen LogP contribution in [-0.2, 0) is 10.1 Å². The van der Waals surface area contributed by atoms with Crippen molar-refractivity contribution in [3.05, 3.63) is 23.8 Å². The van der Waals surface area contributed by atoms with Gasteiger partial charge in [-0.15, -0.1) is 13.2 Å². The normalized spacial score (nSPS) is 12.2. The van der Waals surface area contributed by atoms with Gasteiger partial charge < -0.3 is 9.84 Å². The molecule has 0 fully saturated rings. The topological polar surface area (TPSA) is 101 Å². The van der Waals surface area contributed by atoms with Gasteiger partial charge in [0.2, 0.25) is 0 Å². The van der Waals surface area contributed by atoms with Crippen molar-refractivity contribution < 1.29 is 40.8 Å². The van der Waals surface area contributed by atoms with E-state index in [-0.39, 0.29) is 0 Å². The van der Waals surface area contributed by atoms with Crippen molar-refractivity contribution in [3.63, 3.8) is 0 Å². The molecule has 6 nitrogen and oxygen atoms in total. The van der Waals surface area contributed by atoms with E-state index in [9.17, 15) is 26.4 Å². The third-order valence-corrected chi connectivity index (χ3v) is 2.58. The van der Waals surface area contributed by atoms with E-state index in [1.807, 2.05) is 0 Å². The number of carboxylic acid groups (broad SMARTS) is 1. The fourth-order valence-corrected chi connectivity index (χ4v) is 1.74. The maximum atomic E-state index is 12.1. The molecule has 10 heteroatoms. The predicted molar refractivity (Wildman–Crippen MR) is 49.9 cm³/mol. The largest absolute Gasteiger partial charge is 0.573 e. The molecule has 0 spiro atoms. The minimum absolute atomic E-state index is 0.586. The second kappa shape index (κ2) is 4.46. The van der Waals surface area contributed by atoms with E-state index in [0.717, 1.165) is 6.07 Å². The summed E-state index contributed by atoms with van der Waals surface area (Å²) in [5, 5.41) is 8.63. The number of ether oxygens (including phenoxy) is 1. The van der Waals surface area contributed by atoms with Crippen LogP contribution in [-0.4, -0.2) is 30.4 Å². The number of alkyl halides is 3. The zero-order valence-corrected chi connectivity index (χ0v) is 9.12. The van der Waals surface area contributed by atoms with Crippen LogP contribution in [0.1, 0.15) is 10.4 Å². The van der Waals surface area contributed by atoms with Gasteiger partial charge in [0, 0.05) is 0 Å². The highest BCUT2D eigenvalue weighted by Gasteiger charge is 2.36. The lowest BCUT2D eigenvalue weighted by atomic mass is 10.2. The molecule has 0 bridgehead atoms. The lowest BCUT2D eigenvalue weighted by molar-refractivity contribution is -0.275. The molecule has 0 atom stereocenters. The minimum Gasteiger partial charge on any atom is -0.478 e. The predicted octanol–water partition coefficient (Wildman–Crippen LogP) is 1.53. The summed E-state index contributed by atoms with van der Waals surface area (Å²) in [6.45, 7) is 0. The Labute approximate surface area is 98.4 Å². The Balaban J connectivity index is 3.55. The zero-order valence-electron chi connectivity index (χ0n) is 8.30.